The van der Waals surface area contributed by atoms with Crippen LogP contribution >= 0.6 is 0 Å². The minimum Gasteiger partial charge on any atom is -0.444 e. The molecule has 5 nitrogen and oxygen atoms in total. The molecule has 0 aromatic heterocycles. The van der Waals surface area contributed by atoms with Gasteiger partial charge in [-0.1, -0.05) is 24.3 Å². The topological polar surface area (TPSA) is 62.6 Å². The zero-order valence-corrected chi connectivity index (χ0v) is 16.9. The highest BCUT2D eigenvalue weighted by atomic mass is 16.6. The van der Waals surface area contributed by atoms with Crippen molar-refractivity contribution in [3.8, 4) is 17.2 Å². The first-order chi connectivity index (χ1) is 13.3. The Morgan fingerprint density at radius 2 is 1.89 bits per heavy atom. The predicted octanol–water partition coefficient (Wildman–Crippen LogP) is 4.66. The van der Waals surface area contributed by atoms with Crippen LogP contribution in [0.1, 0.15) is 43.0 Å². The zero-order valence-electron chi connectivity index (χ0n) is 16.9. The lowest BCUT2D eigenvalue weighted by atomic mass is 9.93. The predicted molar refractivity (Wildman–Crippen MR) is 108 cm³/mol. The van der Waals surface area contributed by atoms with Gasteiger partial charge < -0.3 is 9.47 Å². The number of fused-ring (bicyclic) bond motifs is 1. The number of hydrogen-bond donors (Lipinski definition) is 0. The molecule has 2 aromatic rings. The number of carbonyl (C=O) groups is 1. The third kappa shape index (κ3) is 4.52. The first kappa shape index (κ1) is 19.9. The second kappa shape index (κ2) is 8.04. The molecule has 3 rings (SSSR count). The minimum atomic E-state index is -0.522. The van der Waals surface area contributed by atoms with Crippen molar-refractivity contribution in [3.63, 3.8) is 0 Å². The van der Waals surface area contributed by atoms with Gasteiger partial charge in [0.2, 0.25) is 0 Å². The van der Waals surface area contributed by atoms with E-state index in [-0.39, 0.29) is 6.09 Å². The Kier molecular flexibility index (Phi) is 5.71. The van der Waals surface area contributed by atoms with Crippen molar-refractivity contribution in [2.24, 2.45) is 0 Å². The summed E-state index contributed by atoms with van der Waals surface area (Å²) in [4.78, 5) is 14.3. The first-order valence-electron chi connectivity index (χ1n) is 9.43. The summed E-state index contributed by atoms with van der Waals surface area (Å²) in [5.41, 5.74) is 5.69. The standard InChI is InChI=1S/C23H26N2O3/c1-23(2,3)28-22(26)25-14-19-11-17(9-10-27-4)12-20(21(19)15-25)18-7-5-16(13-24)6-8-18/h5-8,11-12H,9-10,14-15H2,1-4H3. The van der Waals surface area contributed by atoms with E-state index in [2.05, 4.69) is 18.2 Å². The molecule has 1 aliphatic rings. The van der Waals surface area contributed by atoms with E-state index >= 15 is 0 Å². The van der Waals surface area contributed by atoms with Gasteiger partial charge in [0, 0.05) is 13.7 Å². The summed E-state index contributed by atoms with van der Waals surface area (Å²) < 4.78 is 10.8. The summed E-state index contributed by atoms with van der Waals surface area (Å²) in [6.07, 6.45) is 0.507. The van der Waals surface area contributed by atoms with Crippen LogP contribution in [0.4, 0.5) is 4.79 Å². The fourth-order valence-corrected chi connectivity index (χ4v) is 3.38. The molecule has 0 saturated heterocycles. The van der Waals surface area contributed by atoms with Crippen molar-refractivity contribution in [1.82, 2.24) is 4.90 Å². The molecular weight excluding hydrogens is 352 g/mol. The number of carbonyl (C=O) groups excluding carboxylic acids is 1. The molecule has 2 aromatic carbocycles. The molecule has 146 valence electrons. The molecule has 28 heavy (non-hydrogen) atoms. The van der Waals surface area contributed by atoms with Crippen molar-refractivity contribution >= 4 is 6.09 Å². The van der Waals surface area contributed by atoms with Crippen LogP contribution in [0.5, 0.6) is 0 Å². The Balaban J connectivity index is 1.96. The number of benzene rings is 2. The van der Waals surface area contributed by atoms with E-state index in [1.165, 1.54) is 5.56 Å². The second-order valence-corrected chi connectivity index (χ2v) is 8.05. The maximum atomic E-state index is 12.6. The molecule has 5 heteroatoms. The summed E-state index contributed by atoms with van der Waals surface area (Å²) in [6, 6.07) is 14.1. The SMILES string of the molecule is COCCc1cc2c(c(-c3ccc(C#N)cc3)c1)CN(C(=O)OC(C)(C)C)C2. The minimum absolute atomic E-state index is 0.298. The van der Waals surface area contributed by atoms with Crippen LogP contribution < -0.4 is 0 Å². The lowest BCUT2D eigenvalue weighted by Crippen LogP contribution is -2.33. The van der Waals surface area contributed by atoms with E-state index in [0.29, 0.717) is 25.3 Å². The number of rotatable bonds is 4. The molecule has 0 radical (unpaired) electrons. The number of hydrogen-bond acceptors (Lipinski definition) is 4. The van der Waals surface area contributed by atoms with Gasteiger partial charge in [-0.15, -0.1) is 0 Å². The molecule has 0 unspecified atom stereocenters. The summed E-state index contributed by atoms with van der Waals surface area (Å²) >= 11 is 0. The van der Waals surface area contributed by atoms with Gasteiger partial charge in [0.15, 0.2) is 0 Å². The molecule has 0 fully saturated rings. The number of ether oxygens (including phenoxy) is 2. The van der Waals surface area contributed by atoms with Crippen LogP contribution in [0, 0.1) is 11.3 Å². The average Bonchev–Trinajstić information content (AvgIpc) is 3.09. The van der Waals surface area contributed by atoms with Crippen LogP contribution in [-0.2, 0) is 29.0 Å². The Hall–Kier alpha value is -2.84. The Labute approximate surface area is 166 Å². The Bertz CT molecular complexity index is 905. The van der Waals surface area contributed by atoms with Gasteiger partial charge in [-0.2, -0.15) is 5.26 Å². The van der Waals surface area contributed by atoms with Gasteiger partial charge in [-0.05, 0) is 67.1 Å². The van der Waals surface area contributed by atoms with Crippen LogP contribution in [0.25, 0.3) is 11.1 Å². The fraction of sp³-hybridized carbons (Fsp3) is 0.391. The van der Waals surface area contributed by atoms with Crippen molar-refractivity contribution in [1.29, 1.82) is 5.26 Å². The smallest absolute Gasteiger partial charge is 0.410 e. The summed E-state index contributed by atoms with van der Waals surface area (Å²) in [6.45, 7) is 7.32. The van der Waals surface area contributed by atoms with E-state index in [0.717, 1.165) is 28.7 Å². The first-order valence-corrected chi connectivity index (χ1v) is 9.43. The largest absolute Gasteiger partial charge is 0.444 e. The number of methoxy groups -OCH3 is 1. The quantitative estimate of drug-likeness (QED) is 0.776. The molecule has 0 N–H and O–H groups in total. The summed E-state index contributed by atoms with van der Waals surface area (Å²) in [7, 11) is 1.69. The van der Waals surface area contributed by atoms with E-state index in [1.54, 1.807) is 12.0 Å². The lowest BCUT2D eigenvalue weighted by molar-refractivity contribution is 0.0242. The molecular formula is C23H26N2O3. The number of nitrogens with zero attached hydrogens (tertiary/aromatic N) is 2. The van der Waals surface area contributed by atoms with E-state index in [1.807, 2.05) is 45.0 Å². The van der Waals surface area contributed by atoms with Crippen molar-refractivity contribution in [2.45, 2.75) is 45.9 Å². The van der Waals surface area contributed by atoms with E-state index < -0.39 is 5.60 Å². The third-order valence-electron chi connectivity index (χ3n) is 4.68. The normalized spacial score (nSPS) is 13.2. The van der Waals surface area contributed by atoms with Gasteiger partial charge in [-0.25, -0.2) is 4.79 Å². The molecule has 0 bridgehead atoms. The molecule has 0 aliphatic carbocycles. The molecule has 0 saturated carbocycles. The zero-order chi connectivity index (χ0) is 20.3. The number of amides is 1. The van der Waals surface area contributed by atoms with Gasteiger partial charge >= 0.3 is 6.09 Å². The highest BCUT2D eigenvalue weighted by Crippen LogP contribution is 2.35. The van der Waals surface area contributed by atoms with Crippen molar-refractivity contribution in [2.75, 3.05) is 13.7 Å². The highest BCUT2D eigenvalue weighted by molar-refractivity contribution is 5.75. The van der Waals surface area contributed by atoms with Crippen LogP contribution in [0.3, 0.4) is 0 Å². The van der Waals surface area contributed by atoms with Crippen LogP contribution in [0.15, 0.2) is 36.4 Å². The summed E-state index contributed by atoms with van der Waals surface area (Å²) in [5, 5.41) is 9.06. The van der Waals surface area contributed by atoms with Gasteiger partial charge in [0.1, 0.15) is 5.60 Å². The molecule has 0 atom stereocenters. The fourth-order valence-electron chi connectivity index (χ4n) is 3.38. The van der Waals surface area contributed by atoms with E-state index in [9.17, 15) is 4.79 Å². The van der Waals surface area contributed by atoms with Gasteiger partial charge in [0.25, 0.3) is 0 Å². The van der Waals surface area contributed by atoms with Crippen LogP contribution in [0.2, 0.25) is 0 Å². The van der Waals surface area contributed by atoms with Crippen molar-refractivity contribution < 1.29 is 14.3 Å². The average molecular weight is 378 g/mol. The monoisotopic (exact) mass is 378 g/mol. The molecule has 1 aliphatic heterocycles. The lowest BCUT2D eigenvalue weighted by Gasteiger charge is -2.24. The summed E-state index contributed by atoms with van der Waals surface area (Å²) in [5.74, 6) is 0. The van der Waals surface area contributed by atoms with Crippen molar-refractivity contribution in [3.05, 3.63) is 58.7 Å². The molecule has 1 heterocycles. The molecule has 1 amide bonds. The number of nitriles is 1. The van der Waals surface area contributed by atoms with E-state index in [4.69, 9.17) is 14.7 Å². The Morgan fingerprint density at radius 1 is 1.18 bits per heavy atom. The highest BCUT2D eigenvalue weighted by Gasteiger charge is 2.29. The third-order valence-corrected chi connectivity index (χ3v) is 4.68. The maximum Gasteiger partial charge on any atom is 0.410 e. The Morgan fingerprint density at radius 3 is 2.50 bits per heavy atom. The van der Waals surface area contributed by atoms with Gasteiger partial charge in [-0.3, -0.25) is 4.90 Å². The van der Waals surface area contributed by atoms with Gasteiger partial charge in [0.05, 0.1) is 24.8 Å². The molecule has 0 spiro atoms. The maximum absolute atomic E-state index is 12.6. The second-order valence-electron chi connectivity index (χ2n) is 8.05. The van der Waals surface area contributed by atoms with Crippen LogP contribution in [-0.4, -0.2) is 30.3 Å².